The van der Waals surface area contributed by atoms with Gasteiger partial charge in [0.25, 0.3) is 11.8 Å². The van der Waals surface area contributed by atoms with Crippen molar-refractivity contribution < 1.29 is 33.5 Å². The van der Waals surface area contributed by atoms with Gasteiger partial charge in [0.2, 0.25) is 11.8 Å². The summed E-state index contributed by atoms with van der Waals surface area (Å²) in [6.07, 6.45) is 1.30. The molecule has 4 aromatic rings. The maximum atomic E-state index is 13.8. The minimum absolute atomic E-state index is 0.0335. The van der Waals surface area contributed by atoms with Crippen LogP contribution in [0.25, 0.3) is 6.08 Å². The third-order valence-electron chi connectivity index (χ3n) is 6.54. The Morgan fingerprint density at radius 2 is 1.59 bits per heavy atom. The molecule has 11 heteroatoms. The zero-order valence-electron chi connectivity index (χ0n) is 22.9. The summed E-state index contributed by atoms with van der Waals surface area (Å²) in [6.45, 7) is 0. The van der Waals surface area contributed by atoms with Gasteiger partial charge < -0.3 is 15.7 Å². The number of amides is 4. The predicted molar refractivity (Wildman–Crippen MR) is 164 cm³/mol. The molecule has 220 valence electrons. The first-order valence-electron chi connectivity index (χ1n) is 13.3. The highest BCUT2D eigenvalue weighted by molar-refractivity contribution is 8.00. The summed E-state index contributed by atoms with van der Waals surface area (Å²) in [5.74, 6) is -3.68. The monoisotopic (exact) mass is 609 g/mol. The van der Waals surface area contributed by atoms with Gasteiger partial charge in [-0.25, -0.2) is 14.1 Å². The van der Waals surface area contributed by atoms with Gasteiger partial charge in [-0.3, -0.25) is 19.2 Å². The van der Waals surface area contributed by atoms with Crippen LogP contribution in [0.15, 0.2) is 114 Å². The van der Waals surface area contributed by atoms with Crippen molar-refractivity contribution in [2.75, 3.05) is 10.2 Å². The topological polar surface area (TPSA) is 133 Å². The molecule has 0 radical (unpaired) electrons. The molecule has 0 saturated carbocycles. The number of carbonyl (C=O) groups excluding carboxylic acids is 4. The van der Waals surface area contributed by atoms with E-state index in [0.717, 1.165) is 16.7 Å². The Morgan fingerprint density at radius 3 is 2.30 bits per heavy atom. The highest BCUT2D eigenvalue weighted by Gasteiger charge is 2.40. The zero-order chi connectivity index (χ0) is 31.2. The van der Waals surface area contributed by atoms with Crippen molar-refractivity contribution in [3.63, 3.8) is 0 Å². The van der Waals surface area contributed by atoms with Crippen molar-refractivity contribution in [3.05, 3.63) is 131 Å². The van der Waals surface area contributed by atoms with E-state index in [1.165, 1.54) is 48.5 Å². The summed E-state index contributed by atoms with van der Waals surface area (Å²) in [4.78, 5) is 64.8. The Labute approximate surface area is 255 Å². The number of anilines is 2. The third kappa shape index (κ3) is 7.08. The summed E-state index contributed by atoms with van der Waals surface area (Å²) < 4.78 is 13.8. The number of imide groups is 1. The number of halogens is 1. The highest BCUT2D eigenvalue weighted by Crippen LogP contribution is 2.35. The lowest BCUT2D eigenvalue weighted by atomic mass is 10.1. The van der Waals surface area contributed by atoms with Gasteiger partial charge in [-0.05, 0) is 78.4 Å². The van der Waals surface area contributed by atoms with E-state index in [1.807, 2.05) is 0 Å². The molecule has 4 aromatic carbocycles. The summed E-state index contributed by atoms with van der Waals surface area (Å²) >= 11 is 1.15. The predicted octanol–water partition coefficient (Wildman–Crippen LogP) is 5.36. The van der Waals surface area contributed by atoms with E-state index in [4.69, 9.17) is 5.11 Å². The highest BCUT2D eigenvalue weighted by atomic mass is 32.2. The molecule has 1 atom stereocenters. The molecule has 1 saturated heterocycles. The molecule has 0 bridgehead atoms. The smallest absolute Gasteiger partial charge is 0.335 e. The lowest BCUT2D eigenvalue weighted by Crippen LogP contribution is -2.31. The van der Waals surface area contributed by atoms with Gasteiger partial charge in [0, 0.05) is 22.6 Å². The van der Waals surface area contributed by atoms with Gasteiger partial charge in [0.1, 0.15) is 11.5 Å². The second kappa shape index (κ2) is 13.2. The van der Waals surface area contributed by atoms with Crippen molar-refractivity contribution in [3.8, 4) is 0 Å². The number of benzene rings is 4. The van der Waals surface area contributed by atoms with Gasteiger partial charge in [-0.2, -0.15) is 0 Å². The molecule has 5 rings (SSSR count). The van der Waals surface area contributed by atoms with Crippen LogP contribution in [0, 0.1) is 5.82 Å². The summed E-state index contributed by atoms with van der Waals surface area (Å²) in [7, 11) is 0. The largest absolute Gasteiger partial charge is 0.478 e. The van der Waals surface area contributed by atoms with Crippen LogP contribution in [0.1, 0.15) is 32.7 Å². The lowest BCUT2D eigenvalue weighted by Gasteiger charge is -2.15. The van der Waals surface area contributed by atoms with Gasteiger partial charge >= 0.3 is 5.97 Å². The number of carboxylic acids is 1. The number of nitrogens with zero attached hydrogens (tertiary/aromatic N) is 1. The van der Waals surface area contributed by atoms with Crippen molar-refractivity contribution in [1.82, 2.24) is 5.32 Å². The first kappa shape index (κ1) is 29.9. The first-order chi connectivity index (χ1) is 21.2. The Kier molecular flexibility index (Phi) is 8.96. The molecule has 0 aliphatic carbocycles. The number of thioether (sulfide) groups is 1. The van der Waals surface area contributed by atoms with E-state index in [0.29, 0.717) is 21.7 Å². The maximum Gasteiger partial charge on any atom is 0.335 e. The van der Waals surface area contributed by atoms with Crippen molar-refractivity contribution in [2.45, 2.75) is 16.6 Å². The number of nitrogens with one attached hydrogen (secondary N) is 2. The van der Waals surface area contributed by atoms with Gasteiger partial charge in [0.05, 0.1) is 16.5 Å². The van der Waals surface area contributed by atoms with Crippen LogP contribution in [-0.4, -0.2) is 40.0 Å². The SMILES string of the molecule is O=C(Nc1cccc(S[C@H]2CC(=O)N(c3ccc(C(=O)O)cc3)C2=O)c1)/C(=C/c1cccc(F)c1)NC(=O)c1ccccc1. The van der Waals surface area contributed by atoms with E-state index in [1.54, 1.807) is 60.7 Å². The molecule has 1 aliphatic rings. The fourth-order valence-corrected chi connectivity index (χ4v) is 5.55. The van der Waals surface area contributed by atoms with Crippen molar-refractivity contribution >= 4 is 58.8 Å². The molecule has 1 aliphatic heterocycles. The number of rotatable bonds is 9. The number of carbonyl (C=O) groups is 5. The number of carboxylic acid groups (broad SMARTS) is 1. The normalized spacial score (nSPS) is 14.8. The molecular weight excluding hydrogens is 585 g/mol. The first-order valence-corrected chi connectivity index (χ1v) is 14.2. The Balaban J connectivity index is 1.31. The van der Waals surface area contributed by atoms with E-state index >= 15 is 0 Å². The van der Waals surface area contributed by atoms with Crippen LogP contribution in [0.2, 0.25) is 0 Å². The van der Waals surface area contributed by atoms with Crippen LogP contribution < -0.4 is 15.5 Å². The average molecular weight is 610 g/mol. The molecule has 9 nitrogen and oxygen atoms in total. The molecule has 3 N–H and O–H groups in total. The second-order valence-electron chi connectivity index (χ2n) is 9.65. The third-order valence-corrected chi connectivity index (χ3v) is 7.72. The molecule has 0 unspecified atom stereocenters. The molecule has 0 aromatic heterocycles. The van der Waals surface area contributed by atoms with Crippen LogP contribution in [0.4, 0.5) is 15.8 Å². The summed E-state index contributed by atoms with van der Waals surface area (Å²) in [5.41, 5.74) is 1.24. The second-order valence-corrected chi connectivity index (χ2v) is 10.9. The summed E-state index contributed by atoms with van der Waals surface area (Å²) in [5, 5.41) is 13.7. The summed E-state index contributed by atoms with van der Waals surface area (Å²) in [6, 6.07) is 26.0. The molecular formula is C33H24FN3O6S. The minimum atomic E-state index is -1.12. The lowest BCUT2D eigenvalue weighted by molar-refractivity contribution is -0.121. The van der Waals surface area contributed by atoms with E-state index < -0.39 is 40.7 Å². The van der Waals surface area contributed by atoms with Crippen molar-refractivity contribution in [1.29, 1.82) is 0 Å². The minimum Gasteiger partial charge on any atom is -0.478 e. The van der Waals surface area contributed by atoms with Gasteiger partial charge in [-0.15, -0.1) is 11.8 Å². The Morgan fingerprint density at radius 1 is 0.864 bits per heavy atom. The van der Waals surface area contributed by atoms with E-state index in [-0.39, 0.29) is 23.4 Å². The average Bonchev–Trinajstić information content (AvgIpc) is 3.29. The van der Waals surface area contributed by atoms with E-state index in [2.05, 4.69) is 10.6 Å². The van der Waals surface area contributed by atoms with E-state index in [9.17, 15) is 28.4 Å². The van der Waals surface area contributed by atoms with Gasteiger partial charge in [-0.1, -0.05) is 36.4 Å². The van der Waals surface area contributed by atoms with Crippen LogP contribution in [0.5, 0.6) is 0 Å². The fourth-order valence-electron chi connectivity index (χ4n) is 4.44. The number of hydrogen-bond donors (Lipinski definition) is 3. The van der Waals surface area contributed by atoms with Crippen LogP contribution in [0.3, 0.4) is 0 Å². The maximum absolute atomic E-state index is 13.8. The molecule has 44 heavy (non-hydrogen) atoms. The van der Waals surface area contributed by atoms with Crippen LogP contribution in [-0.2, 0) is 14.4 Å². The molecule has 4 amide bonds. The number of aromatic carboxylic acids is 1. The Bertz CT molecular complexity index is 1790. The standard InChI is InChI=1S/C33H24FN3O6S/c34-23-9-4-6-20(16-23)17-27(36-30(39)21-7-2-1-3-8-21)31(40)35-24-10-5-11-26(18-24)44-28-19-29(38)37(32(28)41)25-14-12-22(13-15-25)33(42)43/h1-18,28H,19H2,(H,35,40)(H,36,39)(H,42,43)/b27-17-/t28-/m0/s1. The van der Waals surface area contributed by atoms with Gasteiger partial charge in [0.15, 0.2) is 0 Å². The molecule has 1 heterocycles. The fraction of sp³-hybridized carbons (Fsp3) is 0.0606. The number of hydrogen-bond acceptors (Lipinski definition) is 6. The molecule has 0 spiro atoms. The Hall–Kier alpha value is -5.55. The van der Waals surface area contributed by atoms with Crippen LogP contribution >= 0.6 is 11.8 Å². The zero-order valence-corrected chi connectivity index (χ0v) is 23.7. The molecule has 1 fully saturated rings. The van der Waals surface area contributed by atoms with Crippen molar-refractivity contribution in [2.24, 2.45) is 0 Å². The quantitative estimate of drug-likeness (QED) is 0.172.